The minimum Gasteiger partial charge on any atom is -1.00 e. The predicted octanol–water partition coefficient (Wildman–Crippen LogP) is -5.74. The molecule has 0 saturated carbocycles. The SMILES string of the molecule is CC1(C)S[C@@H]2[C@H](NC(=O)[C@H](N)c3ccc(O)cc3)C(=O)N2[C@H]1C(=O)O.[H-].[H-].[Na+].[Na+]. The smallest absolute Gasteiger partial charge is 1.00 e. The van der Waals surface area contributed by atoms with E-state index in [1.807, 2.05) is 0 Å². The Morgan fingerprint density at radius 3 is 2.37 bits per heavy atom. The molecule has 27 heavy (non-hydrogen) atoms. The maximum Gasteiger partial charge on any atom is 1.00 e. The topological polar surface area (TPSA) is 133 Å². The van der Waals surface area contributed by atoms with Crippen molar-refractivity contribution in [2.45, 2.75) is 42.1 Å². The van der Waals surface area contributed by atoms with Gasteiger partial charge < -0.3 is 29.0 Å². The van der Waals surface area contributed by atoms with Crippen LogP contribution in [0, 0.1) is 0 Å². The number of β-lactam (4-membered cyclic amide) rings is 1. The van der Waals surface area contributed by atoms with E-state index in [0.29, 0.717) is 5.56 Å². The van der Waals surface area contributed by atoms with E-state index in [1.165, 1.54) is 40.9 Å². The monoisotopic (exact) mass is 413 g/mol. The van der Waals surface area contributed by atoms with E-state index in [4.69, 9.17) is 5.73 Å². The molecule has 2 aliphatic heterocycles. The van der Waals surface area contributed by atoms with Crippen LogP contribution in [0.1, 0.15) is 28.3 Å². The van der Waals surface area contributed by atoms with Crippen LogP contribution in [0.2, 0.25) is 0 Å². The average molecular weight is 413 g/mol. The van der Waals surface area contributed by atoms with Crippen LogP contribution in [0.4, 0.5) is 0 Å². The summed E-state index contributed by atoms with van der Waals surface area (Å²) in [6.07, 6.45) is 0. The molecule has 138 valence electrons. The van der Waals surface area contributed by atoms with Crippen LogP contribution in [0.15, 0.2) is 24.3 Å². The van der Waals surface area contributed by atoms with E-state index in [2.05, 4.69) is 5.32 Å². The first-order valence-electron chi connectivity index (χ1n) is 7.71. The predicted molar refractivity (Wildman–Crippen MR) is 92.9 cm³/mol. The summed E-state index contributed by atoms with van der Waals surface area (Å²) in [5.41, 5.74) is 6.41. The van der Waals surface area contributed by atoms with Crippen LogP contribution >= 0.6 is 11.8 Å². The molecule has 2 amide bonds. The van der Waals surface area contributed by atoms with Gasteiger partial charge in [0, 0.05) is 4.75 Å². The van der Waals surface area contributed by atoms with Crippen molar-refractivity contribution in [2.75, 3.05) is 0 Å². The number of amides is 2. The quantitative estimate of drug-likeness (QED) is 0.286. The van der Waals surface area contributed by atoms with Crippen molar-refractivity contribution in [3.63, 3.8) is 0 Å². The summed E-state index contributed by atoms with van der Waals surface area (Å²) in [5.74, 6) is -1.94. The fraction of sp³-hybridized carbons (Fsp3) is 0.438. The number of aliphatic carboxylic acids is 1. The van der Waals surface area contributed by atoms with Crippen LogP contribution in [0.25, 0.3) is 0 Å². The summed E-state index contributed by atoms with van der Waals surface area (Å²) >= 11 is 1.35. The molecule has 2 fully saturated rings. The minimum atomic E-state index is -1.06. The number of carboxylic acids is 1. The van der Waals surface area contributed by atoms with Gasteiger partial charge in [-0.2, -0.15) is 0 Å². The van der Waals surface area contributed by atoms with Gasteiger partial charge in [-0.15, -0.1) is 11.8 Å². The zero-order valence-corrected chi connectivity index (χ0v) is 20.5. The van der Waals surface area contributed by atoms with Gasteiger partial charge >= 0.3 is 65.1 Å². The zero-order chi connectivity index (χ0) is 18.5. The van der Waals surface area contributed by atoms with Gasteiger partial charge in [0.15, 0.2) is 0 Å². The molecule has 11 heteroatoms. The molecule has 0 spiro atoms. The maximum atomic E-state index is 12.3. The first-order valence-corrected chi connectivity index (χ1v) is 8.59. The van der Waals surface area contributed by atoms with Crippen molar-refractivity contribution < 1.29 is 86.6 Å². The number of phenolic OH excluding ortho intramolecular Hbond substituents is 1. The van der Waals surface area contributed by atoms with Crippen molar-refractivity contribution in [3.8, 4) is 5.75 Å². The van der Waals surface area contributed by atoms with E-state index < -0.39 is 46.0 Å². The Bertz CT molecular complexity index is 757. The second kappa shape index (κ2) is 9.04. The van der Waals surface area contributed by atoms with Crippen molar-refractivity contribution >= 4 is 29.5 Å². The van der Waals surface area contributed by atoms with E-state index in [0.717, 1.165) is 0 Å². The number of fused-ring (bicyclic) bond motifs is 1. The molecule has 0 aromatic heterocycles. The Hall–Kier alpha value is -0.260. The molecule has 0 bridgehead atoms. The Labute approximate surface area is 208 Å². The number of carbonyl (C=O) groups is 3. The number of aromatic hydroxyl groups is 1. The molecule has 1 aromatic rings. The average Bonchev–Trinajstić information content (AvgIpc) is 2.80. The normalized spacial score (nSPS) is 26.0. The third kappa shape index (κ3) is 4.51. The second-order valence-corrected chi connectivity index (χ2v) is 8.42. The molecule has 4 atom stereocenters. The Kier molecular flexibility index (Phi) is 8.30. The van der Waals surface area contributed by atoms with Gasteiger partial charge in [-0.1, -0.05) is 12.1 Å². The van der Waals surface area contributed by atoms with Gasteiger partial charge in [-0.3, -0.25) is 9.59 Å². The van der Waals surface area contributed by atoms with E-state index in [9.17, 15) is 24.6 Å². The van der Waals surface area contributed by atoms with Crippen molar-refractivity contribution in [3.05, 3.63) is 29.8 Å². The minimum absolute atomic E-state index is 0. The Morgan fingerprint density at radius 1 is 1.30 bits per heavy atom. The number of thioether (sulfide) groups is 1. The Morgan fingerprint density at radius 2 is 1.85 bits per heavy atom. The fourth-order valence-corrected chi connectivity index (χ4v) is 4.85. The number of hydrogen-bond acceptors (Lipinski definition) is 6. The summed E-state index contributed by atoms with van der Waals surface area (Å²) in [7, 11) is 0. The molecule has 0 unspecified atom stereocenters. The molecule has 0 radical (unpaired) electrons. The van der Waals surface area contributed by atoms with Gasteiger partial charge in [0.05, 0.1) is 0 Å². The van der Waals surface area contributed by atoms with Crippen LogP contribution in [-0.4, -0.2) is 55.1 Å². The van der Waals surface area contributed by atoms with E-state index in [-0.39, 0.29) is 67.7 Å². The van der Waals surface area contributed by atoms with E-state index in [1.54, 1.807) is 13.8 Å². The maximum absolute atomic E-state index is 12.3. The molecule has 3 rings (SSSR count). The zero-order valence-electron chi connectivity index (χ0n) is 17.7. The summed E-state index contributed by atoms with van der Waals surface area (Å²) in [6, 6.07) is 3.21. The molecule has 5 N–H and O–H groups in total. The molecular formula is C16H21N3Na2O5S. The summed E-state index contributed by atoms with van der Waals surface area (Å²) in [6.45, 7) is 3.53. The van der Waals surface area contributed by atoms with Crippen LogP contribution < -0.4 is 70.2 Å². The number of nitrogens with zero attached hydrogens (tertiary/aromatic N) is 1. The van der Waals surface area contributed by atoms with Crippen molar-refractivity contribution in [2.24, 2.45) is 5.73 Å². The third-order valence-corrected chi connectivity index (χ3v) is 6.08. The van der Waals surface area contributed by atoms with Crippen LogP contribution in [0.5, 0.6) is 5.75 Å². The first-order chi connectivity index (χ1) is 11.6. The number of rotatable bonds is 4. The molecule has 2 saturated heterocycles. The number of hydrogen-bond donors (Lipinski definition) is 4. The van der Waals surface area contributed by atoms with Crippen LogP contribution in [0.3, 0.4) is 0 Å². The number of nitrogens with one attached hydrogen (secondary N) is 1. The third-order valence-electron chi connectivity index (χ3n) is 4.51. The molecular weight excluding hydrogens is 392 g/mol. The molecule has 2 aliphatic rings. The van der Waals surface area contributed by atoms with Gasteiger partial charge in [0.25, 0.3) is 0 Å². The standard InChI is InChI=1S/C16H19N3O5S.2Na.2H/c1-16(2)11(15(23)24)19-13(22)10(14(19)25-16)18-12(21)9(17)7-3-5-8(20)6-4-7;;;;/h3-6,9-11,14,20H,17H2,1-2H3,(H,18,21)(H,23,24);;;;/q;2*+1;2*-1/t9-,10-,11+,14-;;;;/m1..../s1. The number of phenols is 1. The van der Waals surface area contributed by atoms with Gasteiger partial charge in [0.2, 0.25) is 11.8 Å². The summed E-state index contributed by atoms with van der Waals surface area (Å²) < 4.78 is -0.648. The number of carboxylic acid groups (broad SMARTS) is 1. The summed E-state index contributed by atoms with van der Waals surface area (Å²) in [4.78, 5) is 37.5. The first kappa shape index (κ1) is 24.8. The largest absolute Gasteiger partial charge is 1.00 e. The van der Waals surface area contributed by atoms with Crippen molar-refractivity contribution in [1.82, 2.24) is 10.2 Å². The molecule has 8 nitrogen and oxygen atoms in total. The van der Waals surface area contributed by atoms with E-state index >= 15 is 0 Å². The fourth-order valence-electron chi connectivity index (χ4n) is 3.22. The van der Waals surface area contributed by atoms with Gasteiger partial charge in [-0.25, -0.2) is 4.79 Å². The van der Waals surface area contributed by atoms with Crippen LogP contribution in [-0.2, 0) is 14.4 Å². The molecule has 1 aromatic carbocycles. The second-order valence-electron chi connectivity index (χ2n) is 6.65. The molecule has 2 heterocycles. The van der Waals surface area contributed by atoms with Crippen molar-refractivity contribution in [1.29, 1.82) is 0 Å². The summed E-state index contributed by atoms with van der Waals surface area (Å²) in [5, 5.41) is 20.9. The van der Waals surface area contributed by atoms with Gasteiger partial charge in [-0.05, 0) is 31.5 Å². The number of carbonyl (C=O) groups excluding carboxylic acids is 2. The van der Waals surface area contributed by atoms with Gasteiger partial charge in [0.1, 0.15) is 29.2 Å². The number of nitrogens with two attached hydrogens (primary N) is 1. The Balaban J connectivity index is 0. The number of benzene rings is 1. The molecule has 0 aliphatic carbocycles.